The van der Waals surface area contributed by atoms with E-state index >= 15 is 0 Å². The van der Waals surface area contributed by atoms with Crippen molar-refractivity contribution in [1.82, 2.24) is 4.57 Å². The summed E-state index contributed by atoms with van der Waals surface area (Å²) in [5.74, 6) is 0. The summed E-state index contributed by atoms with van der Waals surface area (Å²) < 4.78 is 2.37. The number of para-hydroxylation sites is 2. The Morgan fingerprint density at radius 3 is 1.96 bits per heavy atom. The molecule has 0 fully saturated rings. The van der Waals surface area contributed by atoms with Crippen LogP contribution < -0.4 is 4.90 Å². The highest BCUT2D eigenvalue weighted by Crippen LogP contribution is 2.42. The molecule has 0 saturated carbocycles. The van der Waals surface area contributed by atoms with Crippen LogP contribution in [0.25, 0.3) is 71.3 Å². The number of hydrogen-bond acceptors (Lipinski definition) is 1. The summed E-state index contributed by atoms with van der Waals surface area (Å²) in [4.78, 5) is 2.38. The van der Waals surface area contributed by atoms with E-state index in [1.54, 1.807) is 0 Å². The van der Waals surface area contributed by atoms with E-state index in [2.05, 4.69) is 210 Å². The van der Waals surface area contributed by atoms with Gasteiger partial charge in [-0.1, -0.05) is 127 Å². The summed E-state index contributed by atoms with van der Waals surface area (Å²) in [6, 6.07) is 76.2. The number of nitrogens with zero attached hydrogens (tertiary/aromatic N) is 2. The number of hydrogen-bond donors (Lipinski definition) is 0. The highest BCUT2D eigenvalue weighted by atomic mass is 15.1. The zero-order valence-electron chi connectivity index (χ0n) is 28.4. The molecule has 52 heavy (non-hydrogen) atoms. The Hall–Kier alpha value is -7.08. The summed E-state index contributed by atoms with van der Waals surface area (Å²) in [7, 11) is 0. The fourth-order valence-corrected chi connectivity index (χ4v) is 7.69. The van der Waals surface area contributed by atoms with Gasteiger partial charge in [0.25, 0.3) is 0 Å². The van der Waals surface area contributed by atoms with Crippen LogP contribution in [0.15, 0.2) is 194 Å². The lowest BCUT2D eigenvalue weighted by molar-refractivity contribution is 1.17. The zero-order valence-corrected chi connectivity index (χ0v) is 28.4. The second-order valence-electron chi connectivity index (χ2n) is 13.3. The molecule has 0 N–H and O–H groups in total. The van der Waals surface area contributed by atoms with E-state index in [0.29, 0.717) is 0 Å². The van der Waals surface area contributed by atoms with Crippen LogP contribution >= 0.6 is 0 Å². The summed E-state index contributed by atoms with van der Waals surface area (Å²) in [5, 5.41) is 7.20. The molecule has 2 heteroatoms. The first-order chi connectivity index (χ1) is 25.8. The van der Waals surface area contributed by atoms with Gasteiger partial charge >= 0.3 is 0 Å². The Balaban J connectivity index is 1.11. The summed E-state index contributed by atoms with van der Waals surface area (Å²) in [6.07, 6.45) is 0. The van der Waals surface area contributed by atoms with E-state index in [1.165, 1.54) is 54.7 Å². The van der Waals surface area contributed by atoms with Gasteiger partial charge in [0.05, 0.1) is 16.7 Å². The number of rotatable bonds is 6. The average molecular weight is 661 g/mol. The maximum absolute atomic E-state index is 3.32. The fraction of sp³-hybridized carbons (Fsp3) is 0. The molecule has 2 nitrogen and oxygen atoms in total. The molecule has 0 aliphatic rings. The quantitative estimate of drug-likeness (QED) is 0.172. The molecule has 0 unspecified atom stereocenters. The second kappa shape index (κ2) is 12.4. The van der Waals surface area contributed by atoms with Crippen LogP contribution in [-0.2, 0) is 0 Å². The predicted molar refractivity (Wildman–Crippen MR) is 219 cm³/mol. The number of aromatic nitrogens is 1. The largest absolute Gasteiger partial charge is 0.310 e. The molecule has 1 aromatic heterocycles. The maximum atomic E-state index is 3.32. The Morgan fingerprint density at radius 2 is 1.12 bits per heavy atom. The third-order valence-electron chi connectivity index (χ3n) is 10.2. The molecular formula is C50H32N2. The Labute approximate surface area is 303 Å². The molecule has 242 valence electrons. The lowest BCUT2D eigenvalue weighted by Gasteiger charge is -2.28. The number of anilines is 3. The average Bonchev–Trinajstić information content (AvgIpc) is 3.54. The molecule has 0 bridgehead atoms. The van der Waals surface area contributed by atoms with E-state index in [0.717, 1.165) is 33.7 Å². The smallest absolute Gasteiger partial charge is 0.0553 e. The van der Waals surface area contributed by atoms with E-state index in [4.69, 9.17) is 0 Å². The number of benzene rings is 8. The van der Waals surface area contributed by atoms with Gasteiger partial charge in [0.1, 0.15) is 0 Å². The number of fused-ring (bicyclic) bond motifs is 5. The maximum Gasteiger partial charge on any atom is 0.0553 e. The molecule has 0 aliphatic carbocycles. The van der Waals surface area contributed by atoms with Crippen LogP contribution in [0.4, 0.5) is 17.1 Å². The molecule has 0 radical (unpaired) electrons. The normalized spacial score (nSPS) is 11.3. The van der Waals surface area contributed by atoms with Crippen molar-refractivity contribution < 1.29 is 0 Å². The molecule has 0 spiro atoms. The van der Waals surface area contributed by atoms with Gasteiger partial charge in [0.15, 0.2) is 0 Å². The minimum absolute atomic E-state index is 1.06. The van der Waals surface area contributed by atoms with Gasteiger partial charge in [-0.05, 0) is 112 Å². The van der Waals surface area contributed by atoms with Crippen LogP contribution in [0.1, 0.15) is 0 Å². The molecule has 9 aromatic carbocycles. The molecule has 10 rings (SSSR count). The predicted octanol–water partition coefficient (Wildman–Crippen LogP) is 13.5. The SMILES string of the molecule is c1ccc2cc3c4ccccc4n(-c4ccc(N(c5ccc(-c6ccc7ccccc7c6)cc5)c5ccccc5-c5ccccc5)cc4)c3cc2c#1. The van der Waals surface area contributed by atoms with E-state index in [1.807, 2.05) is 6.07 Å². The molecule has 0 atom stereocenters. The molecule has 1 heterocycles. The first kappa shape index (κ1) is 29.8. The van der Waals surface area contributed by atoms with Crippen molar-refractivity contribution in [3.63, 3.8) is 0 Å². The minimum Gasteiger partial charge on any atom is -0.310 e. The first-order valence-corrected chi connectivity index (χ1v) is 17.7. The minimum atomic E-state index is 1.06. The topological polar surface area (TPSA) is 8.17 Å². The van der Waals surface area contributed by atoms with Crippen LogP contribution in [0.3, 0.4) is 0 Å². The van der Waals surface area contributed by atoms with Gasteiger partial charge in [0.2, 0.25) is 0 Å². The molecule has 0 amide bonds. The lowest BCUT2D eigenvalue weighted by atomic mass is 10.00. The van der Waals surface area contributed by atoms with Crippen LogP contribution in [0.2, 0.25) is 0 Å². The fourth-order valence-electron chi connectivity index (χ4n) is 7.69. The molecule has 0 aliphatic heterocycles. The van der Waals surface area contributed by atoms with Crippen molar-refractivity contribution in [1.29, 1.82) is 0 Å². The summed E-state index contributed by atoms with van der Waals surface area (Å²) in [5.41, 5.74) is 11.5. The third kappa shape index (κ3) is 5.07. The van der Waals surface area contributed by atoms with Crippen molar-refractivity contribution in [3.05, 3.63) is 206 Å². The highest BCUT2D eigenvalue weighted by molar-refractivity contribution is 6.13. The van der Waals surface area contributed by atoms with Gasteiger partial charge < -0.3 is 9.47 Å². The van der Waals surface area contributed by atoms with Crippen LogP contribution in [0.5, 0.6) is 0 Å². The summed E-state index contributed by atoms with van der Waals surface area (Å²) in [6.45, 7) is 0. The van der Waals surface area contributed by atoms with Gasteiger partial charge in [-0.25, -0.2) is 0 Å². The van der Waals surface area contributed by atoms with Gasteiger partial charge in [0, 0.05) is 38.8 Å². The lowest BCUT2D eigenvalue weighted by Crippen LogP contribution is -2.11. The Kier molecular flexibility index (Phi) is 7.08. The molecule has 10 aromatic rings. The highest BCUT2D eigenvalue weighted by Gasteiger charge is 2.19. The van der Waals surface area contributed by atoms with Crippen molar-refractivity contribution in [2.75, 3.05) is 4.90 Å². The van der Waals surface area contributed by atoms with Gasteiger partial charge in [-0.3, -0.25) is 0 Å². The second-order valence-corrected chi connectivity index (χ2v) is 13.3. The Morgan fingerprint density at radius 1 is 0.423 bits per heavy atom. The zero-order chi connectivity index (χ0) is 34.4. The van der Waals surface area contributed by atoms with E-state index < -0.39 is 0 Å². The van der Waals surface area contributed by atoms with Crippen molar-refractivity contribution in [2.24, 2.45) is 0 Å². The molecular weight excluding hydrogens is 629 g/mol. The standard InChI is InChI=1S/C50H32N2/c1-2-13-37(14-3-1)45-18-8-10-20-48(45)51(42-26-24-36(25-27-42)41-23-22-35-12-4-5-15-38(35)32-41)43-28-30-44(31-29-43)52-49-21-11-9-19-46(49)47-33-39-16-6-7-17-40(39)34-50(47)52/h1-6,8-16,18-34H. The molecule has 0 saturated heterocycles. The first-order valence-electron chi connectivity index (χ1n) is 17.7. The van der Waals surface area contributed by atoms with Crippen molar-refractivity contribution in [3.8, 4) is 27.9 Å². The van der Waals surface area contributed by atoms with E-state index in [9.17, 15) is 0 Å². The van der Waals surface area contributed by atoms with Crippen LogP contribution in [-0.4, -0.2) is 4.57 Å². The monoisotopic (exact) mass is 660 g/mol. The third-order valence-corrected chi connectivity index (χ3v) is 10.2. The van der Waals surface area contributed by atoms with Gasteiger partial charge in [-0.15, -0.1) is 0 Å². The Bertz CT molecular complexity index is 2880. The summed E-state index contributed by atoms with van der Waals surface area (Å²) >= 11 is 0. The van der Waals surface area contributed by atoms with Crippen molar-refractivity contribution >= 4 is 60.4 Å². The van der Waals surface area contributed by atoms with Crippen molar-refractivity contribution in [2.45, 2.75) is 0 Å². The van der Waals surface area contributed by atoms with Crippen LogP contribution in [0, 0.1) is 12.1 Å². The van der Waals surface area contributed by atoms with Gasteiger partial charge in [-0.2, -0.15) is 0 Å². The van der Waals surface area contributed by atoms with E-state index in [-0.39, 0.29) is 0 Å².